The number of benzene rings is 1. The minimum Gasteiger partial charge on any atom is -0.342 e. The summed E-state index contributed by atoms with van der Waals surface area (Å²) in [5, 5.41) is 3.33. The van der Waals surface area contributed by atoms with Gasteiger partial charge in [0.2, 0.25) is 10.0 Å². The lowest BCUT2D eigenvalue weighted by Crippen LogP contribution is -2.43. The molecule has 3 rings (SSSR count). The van der Waals surface area contributed by atoms with Crippen molar-refractivity contribution in [1.29, 1.82) is 0 Å². The number of fused-ring (bicyclic) bond motifs is 2. The second-order valence-electron chi connectivity index (χ2n) is 7.29. The van der Waals surface area contributed by atoms with Crippen molar-refractivity contribution in [1.82, 2.24) is 14.5 Å². The minimum atomic E-state index is -3.71. The van der Waals surface area contributed by atoms with Crippen molar-refractivity contribution in [2.24, 2.45) is 0 Å². The van der Waals surface area contributed by atoms with E-state index in [4.69, 9.17) is 0 Å². The summed E-state index contributed by atoms with van der Waals surface area (Å²) in [4.78, 5) is 14.6. The molecule has 0 aromatic heterocycles. The highest BCUT2D eigenvalue weighted by Gasteiger charge is 2.44. The second-order valence-corrected chi connectivity index (χ2v) is 9.10. The van der Waals surface area contributed by atoms with E-state index in [9.17, 15) is 13.2 Å². The Morgan fingerprint density at radius 2 is 1.93 bits per heavy atom. The molecule has 2 heterocycles. The van der Waals surface area contributed by atoms with Gasteiger partial charge in [-0.1, -0.05) is 25.5 Å². The van der Waals surface area contributed by atoms with E-state index in [1.165, 1.54) is 0 Å². The smallest absolute Gasteiger partial charge is 0.254 e. The van der Waals surface area contributed by atoms with Crippen LogP contribution in [-0.2, 0) is 10.0 Å². The number of hydrogen-bond donors (Lipinski definition) is 1. The topological polar surface area (TPSA) is 69.7 Å². The third-order valence-electron chi connectivity index (χ3n) is 5.45. The number of sulfonamides is 1. The average molecular weight is 416 g/mol. The van der Waals surface area contributed by atoms with Gasteiger partial charge in [0.25, 0.3) is 5.91 Å². The molecular weight excluding hydrogens is 386 g/mol. The van der Waals surface area contributed by atoms with Crippen LogP contribution in [0.5, 0.6) is 0 Å². The molecule has 0 radical (unpaired) electrons. The Morgan fingerprint density at radius 3 is 2.67 bits per heavy atom. The highest BCUT2D eigenvalue weighted by molar-refractivity contribution is 7.89. The summed E-state index contributed by atoms with van der Waals surface area (Å²) in [7, 11) is -1.97. The molecule has 1 aromatic carbocycles. The summed E-state index contributed by atoms with van der Waals surface area (Å²) in [5.41, 5.74) is 0.280. The third-order valence-corrected chi connectivity index (χ3v) is 7.52. The number of halogens is 1. The highest BCUT2D eigenvalue weighted by atomic mass is 35.5. The molecule has 1 N–H and O–H groups in total. The van der Waals surface area contributed by atoms with Crippen molar-refractivity contribution >= 4 is 28.3 Å². The summed E-state index contributed by atoms with van der Waals surface area (Å²) < 4.78 is 28.7. The summed E-state index contributed by atoms with van der Waals surface area (Å²) >= 11 is 0. The van der Waals surface area contributed by atoms with Crippen LogP contribution in [0.3, 0.4) is 0 Å². The van der Waals surface area contributed by atoms with Crippen molar-refractivity contribution in [3.63, 3.8) is 0 Å². The monoisotopic (exact) mass is 415 g/mol. The molecule has 8 heteroatoms. The predicted molar refractivity (Wildman–Crippen MR) is 109 cm³/mol. The van der Waals surface area contributed by atoms with Crippen LogP contribution in [0.2, 0.25) is 0 Å². The van der Waals surface area contributed by atoms with Gasteiger partial charge >= 0.3 is 0 Å². The maximum atomic E-state index is 13.5. The molecule has 0 saturated carbocycles. The Bertz CT molecular complexity index is 742. The summed E-state index contributed by atoms with van der Waals surface area (Å²) in [6, 6.07) is 6.66. The molecule has 2 fully saturated rings. The van der Waals surface area contributed by atoms with Crippen molar-refractivity contribution in [3.05, 3.63) is 29.8 Å². The first-order valence-corrected chi connectivity index (χ1v) is 11.0. The molecule has 2 saturated heterocycles. The molecule has 6 nitrogen and oxygen atoms in total. The Morgan fingerprint density at radius 1 is 1.22 bits per heavy atom. The first-order chi connectivity index (χ1) is 12.5. The van der Waals surface area contributed by atoms with E-state index in [1.807, 2.05) is 0 Å². The average Bonchev–Trinajstić information content (AvgIpc) is 2.92. The Hall–Kier alpha value is -1.15. The van der Waals surface area contributed by atoms with Crippen LogP contribution in [0.15, 0.2) is 29.2 Å². The van der Waals surface area contributed by atoms with Gasteiger partial charge in [0.15, 0.2) is 0 Å². The molecule has 0 spiro atoms. The maximum Gasteiger partial charge on any atom is 0.254 e. The number of amides is 1. The Balaban J connectivity index is 0.00000261. The maximum absolute atomic E-state index is 13.5. The second kappa shape index (κ2) is 9.37. The van der Waals surface area contributed by atoms with Crippen molar-refractivity contribution in [2.75, 3.05) is 26.7 Å². The zero-order valence-corrected chi connectivity index (χ0v) is 17.7. The van der Waals surface area contributed by atoms with E-state index in [1.54, 1.807) is 40.5 Å². The zero-order valence-electron chi connectivity index (χ0n) is 16.1. The van der Waals surface area contributed by atoms with E-state index in [-0.39, 0.29) is 40.9 Å². The third kappa shape index (κ3) is 4.47. The number of nitrogens with zero attached hydrogens (tertiary/aromatic N) is 2. The number of carbonyl (C=O) groups excluding carboxylic acids is 1. The number of carbonyl (C=O) groups is 1. The van der Waals surface area contributed by atoms with Gasteiger partial charge in [-0.05, 0) is 44.4 Å². The quantitative estimate of drug-likeness (QED) is 0.774. The van der Waals surface area contributed by atoms with Crippen LogP contribution in [0.25, 0.3) is 0 Å². The van der Waals surface area contributed by atoms with Crippen molar-refractivity contribution in [2.45, 2.75) is 56.0 Å². The zero-order chi connectivity index (χ0) is 18.7. The fraction of sp³-hybridized carbons (Fsp3) is 0.632. The summed E-state index contributed by atoms with van der Waals surface area (Å²) in [5.74, 6) is -0.224. The Labute approximate surface area is 168 Å². The Kier molecular flexibility index (Phi) is 7.68. The van der Waals surface area contributed by atoms with Gasteiger partial charge in [-0.15, -0.1) is 12.4 Å². The van der Waals surface area contributed by atoms with Crippen LogP contribution < -0.4 is 5.32 Å². The molecular formula is C19H30ClN3O3S. The van der Waals surface area contributed by atoms with Crippen molar-refractivity contribution in [3.8, 4) is 0 Å². The standard InChI is InChI=1S/C19H29N3O3S.ClH/c1-3-4-13-21(2)19(23)17-7-5-6-8-18(17)26(24,25)22-15-9-10-16(22)14-20-12-11-15;/h5-8,15-16,20H,3-4,9-14H2,1-2H3;1H. The van der Waals surface area contributed by atoms with Crippen molar-refractivity contribution < 1.29 is 13.2 Å². The van der Waals surface area contributed by atoms with Gasteiger partial charge in [-0.25, -0.2) is 8.42 Å². The predicted octanol–water partition coefficient (Wildman–Crippen LogP) is 2.50. The molecule has 27 heavy (non-hydrogen) atoms. The largest absolute Gasteiger partial charge is 0.342 e. The van der Waals surface area contributed by atoms with E-state index < -0.39 is 10.0 Å². The fourth-order valence-electron chi connectivity index (χ4n) is 4.02. The lowest BCUT2D eigenvalue weighted by Gasteiger charge is -2.28. The molecule has 2 bridgehead atoms. The van der Waals surface area contributed by atoms with Crippen LogP contribution in [0.1, 0.15) is 49.4 Å². The van der Waals surface area contributed by atoms with Crippen LogP contribution in [0, 0.1) is 0 Å². The van der Waals surface area contributed by atoms with Gasteiger partial charge in [0.05, 0.1) is 10.5 Å². The van der Waals surface area contributed by atoms with E-state index in [2.05, 4.69) is 12.2 Å². The van der Waals surface area contributed by atoms with Gasteiger partial charge in [0, 0.05) is 32.2 Å². The molecule has 2 atom stereocenters. The summed E-state index contributed by atoms with van der Waals surface area (Å²) in [6.45, 7) is 4.22. The highest BCUT2D eigenvalue weighted by Crippen LogP contribution is 2.34. The van der Waals surface area contributed by atoms with Crippen LogP contribution >= 0.6 is 12.4 Å². The van der Waals surface area contributed by atoms with Crippen LogP contribution in [-0.4, -0.2) is 62.3 Å². The van der Waals surface area contributed by atoms with Gasteiger partial charge in [0.1, 0.15) is 0 Å². The molecule has 152 valence electrons. The molecule has 1 amide bonds. The van der Waals surface area contributed by atoms with Gasteiger partial charge in [-0.3, -0.25) is 4.79 Å². The summed E-state index contributed by atoms with van der Waals surface area (Å²) in [6.07, 6.45) is 4.49. The van der Waals surface area contributed by atoms with E-state index in [0.29, 0.717) is 13.1 Å². The lowest BCUT2D eigenvalue weighted by atomic mass is 10.1. The normalized spacial score (nSPS) is 22.7. The molecule has 2 aliphatic heterocycles. The number of nitrogens with one attached hydrogen (secondary N) is 1. The number of rotatable bonds is 6. The van der Waals surface area contributed by atoms with E-state index >= 15 is 0 Å². The van der Waals surface area contributed by atoms with Gasteiger partial charge in [-0.2, -0.15) is 4.31 Å². The number of hydrogen-bond acceptors (Lipinski definition) is 4. The van der Waals surface area contributed by atoms with Gasteiger partial charge < -0.3 is 10.2 Å². The van der Waals surface area contributed by atoms with Crippen LogP contribution in [0.4, 0.5) is 0 Å². The lowest BCUT2D eigenvalue weighted by molar-refractivity contribution is 0.0789. The molecule has 2 aliphatic rings. The minimum absolute atomic E-state index is 0. The fourth-order valence-corrected chi connectivity index (χ4v) is 6.10. The molecule has 0 aliphatic carbocycles. The molecule has 2 unspecified atom stereocenters. The van der Waals surface area contributed by atoms with E-state index in [0.717, 1.165) is 38.6 Å². The first kappa shape index (κ1) is 22.1. The molecule has 1 aromatic rings. The SMILES string of the molecule is CCCCN(C)C(=O)c1ccccc1S(=O)(=O)N1C2CCNCC1CC2.Cl. The first-order valence-electron chi connectivity index (χ1n) is 9.55. The number of unbranched alkanes of at least 4 members (excludes halogenated alkanes) is 1.